The van der Waals surface area contributed by atoms with Crippen LogP contribution in [0.15, 0.2) is 35.1 Å². The molecule has 0 saturated heterocycles. The van der Waals surface area contributed by atoms with Crippen LogP contribution in [0.5, 0.6) is 0 Å². The van der Waals surface area contributed by atoms with Crippen molar-refractivity contribution < 1.29 is 17.6 Å². The van der Waals surface area contributed by atoms with Gasteiger partial charge in [-0.3, -0.25) is 0 Å². The van der Waals surface area contributed by atoms with Gasteiger partial charge in [0.15, 0.2) is 5.69 Å². The third kappa shape index (κ3) is 2.92. The van der Waals surface area contributed by atoms with Gasteiger partial charge in [0, 0.05) is 5.56 Å². The maximum absolute atomic E-state index is 12.9. The number of nitrogens with zero attached hydrogens (tertiary/aromatic N) is 3. The van der Waals surface area contributed by atoms with Crippen molar-refractivity contribution in [2.24, 2.45) is 0 Å². The lowest BCUT2D eigenvalue weighted by Gasteiger charge is -2.13. The third-order valence-electron chi connectivity index (χ3n) is 3.39. The number of hydrogen-bond donors (Lipinski definition) is 1. The number of anilines is 1. The molecule has 10 heteroatoms. The van der Waals surface area contributed by atoms with Gasteiger partial charge in [0.25, 0.3) is 0 Å². The lowest BCUT2D eigenvalue weighted by atomic mass is 10.1. The summed E-state index contributed by atoms with van der Waals surface area (Å²) in [5.74, 6) is -0.0125. The van der Waals surface area contributed by atoms with Crippen LogP contribution in [0.1, 0.15) is 11.3 Å². The standard InChI is InChI=1S/C15H7Cl2F3N4O/c16-9-3-8(15(18,19)20)4-10(17)13(9)24-14(22)12(11(5-21)23-24)7-1-2-25-6-7/h1-4,6H,22H2. The van der Waals surface area contributed by atoms with Crippen molar-refractivity contribution in [1.82, 2.24) is 9.78 Å². The molecule has 0 atom stereocenters. The molecule has 0 unspecified atom stereocenters. The average Bonchev–Trinajstić information content (AvgIpc) is 3.14. The minimum absolute atomic E-state index is 0.0125. The van der Waals surface area contributed by atoms with Crippen LogP contribution in [-0.4, -0.2) is 9.78 Å². The van der Waals surface area contributed by atoms with E-state index in [4.69, 9.17) is 33.4 Å². The molecular weight excluding hydrogens is 380 g/mol. The van der Waals surface area contributed by atoms with Gasteiger partial charge in [0.1, 0.15) is 17.6 Å². The first-order valence-electron chi connectivity index (χ1n) is 6.61. The quantitative estimate of drug-likeness (QED) is 0.678. The third-order valence-corrected chi connectivity index (χ3v) is 3.97. The molecule has 3 aromatic rings. The Morgan fingerprint density at radius 2 is 1.88 bits per heavy atom. The molecule has 128 valence electrons. The van der Waals surface area contributed by atoms with Crippen molar-refractivity contribution >= 4 is 29.0 Å². The van der Waals surface area contributed by atoms with Gasteiger partial charge in [-0.05, 0) is 18.2 Å². The summed E-state index contributed by atoms with van der Waals surface area (Å²) in [5, 5.41) is 12.7. The summed E-state index contributed by atoms with van der Waals surface area (Å²) in [6, 6.07) is 4.87. The molecule has 0 aliphatic heterocycles. The van der Waals surface area contributed by atoms with Crippen LogP contribution < -0.4 is 5.73 Å². The van der Waals surface area contributed by atoms with Crippen molar-refractivity contribution in [3.05, 3.63) is 52.0 Å². The molecule has 2 heterocycles. The van der Waals surface area contributed by atoms with E-state index in [0.29, 0.717) is 17.7 Å². The Bertz CT molecular complexity index is 965. The van der Waals surface area contributed by atoms with E-state index in [0.717, 1.165) is 4.68 Å². The Morgan fingerprint density at radius 3 is 2.36 bits per heavy atom. The summed E-state index contributed by atoms with van der Waals surface area (Å²) in [6.07, 6.45) is -1.87. The van der Waals surface area contributed by atoms with Crippen LogP contribution in [0.2, 0.25) is 10.0 Å². The van der Waals surface area contributed by atoms with E-state index in [-0.39, 0.29) is 32.8 Å². The Kier molecular flexibility index (Phi) is 4.14. The fourth-order valence-corrected chi connectivity index (χ4v) is 2.95. The molecule has 0 aliphatic rings. The van der Waals surface area contributed by atoms with Crippen LogP contribution in [0.3, 0.4) is 0 Å². The molecule has 0 radical (unpaired) electrons. The van der Waals surface area contributed by atoms with Crippen molar-refractivity contribution in [3.8, 4) is 22.9 Å². The lowest BCUT2D eigenvalue weighted by molar-refractivity contribution is -0.137. The molecule has 0 fully saturated rings. The van der Waals surface area contributed by atoms with Gasteiger partial charge in [-0.2, -0.15) is 23.5 Å². The molecule has 25 heavy (non-hydrogen) atoms. The SMILES string of the molecule is N#Cc1nn(-c2c(Cl)cc(C(F)(F)F)cc2Cl)c(N)c1-c1ccoc1. The fourth-order valence-electron chi connectivity index (χ4n) is 2.30. The molecule has 0 amide bonds. The van der Waals surface area contributed by atoms with Crippen LogP contribution in [0.25, 0.3) is 16.8 Å². The second-order valence-electron chi connectivity index (χ2n) is 4.93. The average molecular weight is 387 g/mol. The van der Waals surface area contributed by atoms with Gasteiger partial charge in [-0.25, -0.2) is 4.68 Å². The Balaban J connectivity index is 2.24. The van der Waals surface area contributed by atoms with Crippen molar-refractivity contribution in [3.63, 3.8) is 0 Å². The molecule has 0 aliphatic carbocycles. The molecule has 0 saturated carbocycles. The van der Waals surface area contributed by atoms with Gasteiger partial charge in [0.05, 0.1) is 33.7 Å². The first-order valence-corrected chi connectivity index (χ1v) is 7.37. The minimum Gasteiger partial charge on any atom is -0.472 e. The molecule has 5 nitrogen and oxygen atoms in total. The number of furan rings is 1. The highest BCUT2D eigenvalue weighted by Gasteiger charge is 2.33. The molecule has 0 spiro atoms. The molecule has 0 bridgehead atoms. The topological polar surface area (TPSA) is 80.8 Å². The first-order chi connectivity index (χ1) is 11.7. The van der Waals surface area contributed by atoms with E-state index in [1.54, 1.807) is 6.07 Å². The number of hydrogen-bond acceptors (Lipinski definition) is 4. The second-order valence-corrected chi connectivity index (χ2v) is 5.75. The predicted molar refractivity (Wildman–Crippen MR) is 85.4 cm³/mol. The largest absolute Gasteiger partial charge is 0.472 e. The summed E-state index contributed by atoms with van der Waals surface area (Å²) in [4.78, 5) is 0. The summed E-state index contributed by atoms with van der Waals surface area (Å²) >= 11 is 11.9. The lowest BCUT2D eigenvalue weighted by Crippen LogP contribution is -2.08. The minimum atomic E-state index is -4.61. The van der Waals surface area contributed by atoms with Crippen LogP contribution >= 0.6 is 23.2 Å². The molecule has 2 N–H and O–H groups in total. The smallest absolute Gasteiger partial charge is 0.416 e. The van der Waals surface area contributed by atoms with Gasteiger partial charge < -0.3 is 10.2 Å². The number of nitrogen functional groups attached to an aromatic ring is 1. The molecule has 2 aromatic heterocycles. The fraction of sp³-hybridized carbons (Fsp3) is 0.0667. The molecule has 1 aromatic carbocycles. The van der Waals surface area contributed by atoms with E-state index in [2.05, 4.69) is 5.10 Å². The Labute approximate surface area is 149 Å². The van der Waals surface area contributed by atoms with Gasteiger partial charge in [-0.15, -0.1) is 0 Å². The highest BCUT2D eigenvalue weighted by molar-refractivity contribution is 6.38. The van der Waals surface area contributed by atoms with Crippen LogP contribution in [0.4, 0.5) is 19.0 Å². The second kappa shape index (κ2) is 6.02. The van der Waals surface area contributed by atoms with E-state index in [1.807, 2.05) is 6.07 Å². The van der Waals surface area contributed by atoms with Crippen molar-refractivity contribution in [2.75, 3.05) is 5.73 Å². The molecule has 3 rings (SSSR count). The predicted octanol–water partition coefficient (Wildman–Crippen LogP) is 4.91. The number of nitriles is 1. The summed E-state index contributed by atoms with van der Waals surface area (Å²) in [5.41, 5.74) is 5.67. The van der Waals surface area contributed by atoms with Gasteiger partial charge >= 0.3 is 6.18 Å². The summed E-state index contributed by atoms with van der Waals surface area (Å²) in [7, 11) is 0. The normalized spacial score (nSPS) is 11.5. The number of alkyl halides is 3. The van der Waals surface area contributed by atoms with Crippen LogP contribution in [-0.2, 0) is 6.18 Å². The monoisotopic (exact) mass is 386 g/mol. The van der Waals surface area contributed by atoms with E-state index in [9.17, 15) is 18.4 Å². The zero-order valence-corrected chi connectivity index (χ0v) is 13.6. The van der Waals surface area contributed by atoms with Crippen molar-refractivity contribution in [2.45, 2.75) is 6.18 Å². The molecular formula is C15H7Cl2F3N4O. The van der Waals surface area contributed by atoms with E-state index in [1.165, 1.54) is 12.5 Å². The Hall–Kier alpha value is -2.63. The van der Waals surface area contributed by atoms with Crippen LogP contribution in [0, 0.1) is 11.3 Å². The van der Waals surface area contributed by atoms with Gasteiger partial charge in [0.2, 0.25) is 0 Å². The van der Waals surface area contributed by atoms with E-state index < -0.39 is 11.7 Å². The summed E-state index contributed by atoms with van der Waals surface area (Å²) in [6.45, 7) is 0. The van der Waals surface area contributed by atoms with Crippen molar-refractivity contribution in [1.29, 1.82) is 5.26 Å². The van der Waals surface area contributed by atoms with Gasteiger partial charge in [-0.1, -0.05) is 23.2 Å². The first kappa shape index (κ1) is 17.2. The zero-order chi connectivity index (χ0) is 18.4. The number of aromatic nitrogens is 2. The number of nitrogens with two attached hydrogens (primary N) is 1. The Morgan fingerprint density at radius 1 is 1.24 bits per heavy atom. The number of rotatable bonds is 2. The zero-order valence-electron chi connectivity index (χ0n) is 12.1. The number of benzene rings is 1. The maximum atomic E-state index is 12.9. The maximum Gasteiger partial charge on any atom is 0.416 e. The summed E-state index contributed by atoms with van der Waals surface area (Å²) < 4.78 is 44.5. The highest BCUT2D eigenvalue weighted by atomic mass is 35.5. The number of halogens is 5. The van der Waals surface area contributed by atoms with E-state index >= 15 is 0 Å². The highest BCUT2D eigenvalue weighted by Crippen LogP contribution is 2.40.